The Morgan fingerprint density at radius 2 is 1.49 bits per heavy atom. The van der Waals surface area contributed by atoms with Gasteiger partial charge in [-0.05, 0) is 36.5 Å². The normalized spacial score (nSPS) is 12.4. The first kappa shape index (κ1) is 24.6. The fourth-order valence-electron chi connectivity index (χ4n) is 5.88. The maximum Gasteiger partial charge on any atom is 0.356 e. The van der Waals surface area contributed by atoms with E-state index in [2.05, 4.69) is 84.1 Å². The molecule has 1 aliphatic carbocycles. The molecule has 6 heteroatoms. The van der Waals surface area contributed by atoms with Gasteiger partial charge in [0.2, 0.25) is 0 Å². The van der Waals surface area contributed by atoms with Gasteiger partial charge in [-0.3, -0.25) is 4.68 Å². The van der Waals surface area contributed by atoms with Crippen LogP contribution in [0.5, 0.6) is 0 Å². The number of hydrogen-bond donors (Lipinski definition) is 0. The smallest absolute Gasteiger partial charge is 0.356 e. The Labute approximate surface area is 228 Å². The Morgan fingerprint density at radius 3 is 2.00 bits per heavy atom. The molecule has 2 aromatic heterocycles. The Bertz CT molecular complexity index is 1520. The van der Waals surface area contributed by atoms with E-state index in [1.54, 1.807) is 10.8 Å². The predicted octanol–water partition coefficient (Wildman–Crippen LogP) is 6.05. The van der Waals surface area contributed by atoms with Crippen LogP contribution in [0.2, 0.25) is 0 Å². The largest absolute Gasteiger partial charge is 0.461 e. The predicted molar refractivity (Wildman–Crippen MR) is 152 cm³/mol. The Morgan fingerprint density at radius 1 is 0.923 bits per heavy atom. The van der Waals surface area contributed by atoms with Gasteiger partial charge in [0.15, 0.2) is 5.69 Å². The molecule has 0 bridgehead atoms. The van der Waals surface area contributed by atoms with Crippen molar-refractivity contribution < 1.29 is 9.53 Å². The van der Waals surface area contributed by atoms with Crippen LogP contribution in [-0.4, -0.2) is 32.1 Å². The van der Waals surface area contributed by atoms with Gasteiger partial charge < -0.3 is 4.74 Å². The fraction of sp³-hybridized carbons (Fsp3) is 0.182. The molecule has 0 fully saturated rings. The van der Waals surface area contributed by atoms with Crippen LogP contribution in [0.15, 0.2) is 110 Å². The summed E-state index contributed by atoms with van der Waals surface area (Å²) in [7, 11) is 0. The van der Waals surface area contributed by atoms with E-state index >= 15 is 0 Å². The van der Waals surface area contributed by atoms with Crippen molar-refractivity contribution in [3.63, 3.8) is 0 Å². The summed E-state index contributed by atoms with van der Waals surface area (Å²) in [5.74, 6) is -0.351. The van der Waals surface area contributed by atoms with Gasteiger partial charge in [0.1, 0.15) is 5.54 Å². The minimum atomic E-state index is -0.706. The van der Waals surface area contributed by atoms with Crippen molar-refractivity contribution in [2.75, 3.05) is 6.61 Å². The van der Waals surface area contributed by atoms with Crippen LogP contribution in [0.4, 0.5) is 0 Å². The van der Waals surface area contributed by atoms with Crippen molar-refractivity contribution in [2.24, 2.45) is 0 Å². The summed E-state index contributed by atoms with van der Waals surface area (Å²) >= 11 is 0. The number of nitrogens with zero attached hydrogens (tertiary/aromatic N) is 4. The summed E-state index contributed by atoms with van der Waals surface area (Å²) in [4.78, 5) is 13.0. The number of carbonyl (C=O) groups excluding carboxylic acids is 1. The molecule has 2 heterocycles. The van der Waals surface area contributed by atoms with Crippen molar-refractivity contribution >= 4 is 5.97 Å². The number of benzene rings is 3. The lowest BCUT2D eigenvalue weighted by Crippen LogP contribution is -2.40. The summed E-state index contributed by atoms with van der Waals surface area (Å²) in [5.41, 5.74) is 6.86. The van der Waals surface area contributed by atoms with Crippen LogP contribution < -0.4 is 0 Å². The lowest BCUT2D eigenvalue weighted by molar-refractivity contribution is 0.0511. The Hall–Kier alpha value is -4.71. The quantitative estimate of drug-likeness (QED) is 0.144. The zero-order valence-electron chi connectivity index (χ0n) is 22.0. The van der Waals surface area contributed by atoms with Gasteiger partial charge in [0.05, 0.1) is 30.7 Å². The molecule has 0 amide bonds. The molecular formula is C33H30N4O2. The van der Waals surface area contributed by atoms with Gasteiger partial charge in [-0.25, -0.2) is 9.48 Å². The maximum atomic E-state index is 13.0. The second-order valence-corrected chi connectivity index (χ2v) is 9.59. The van der Waals surface area contributed by atoms with Gasteiger partial charge in [-0.15, -0.1) is 6.58 Å². The molecule has 5 aromatic rings. The summed E-state index contributed by atoms with van der Waals surface area (Å²) in [5, 5.41) is 9.99. The van der Waals surface area contributed by atoms with E-state index in [1.165, 1.54) is 0 Å². The average Bonchev–Trinajstić information content (AvgIpc) is 3.58. The molecule has 3 aromatic carbocycles. The number of esters is 1. The minimum Gasteiger partial charge on any atom is -0.461 e. The van der Waals surface area contributed by atoms with E-state index in [9.17, 15) is 4.79 Å². The fourth-order valence-corrected chi connectivity index (χ4v) is 5.88. The topological polar surface area (TPSA) is 61.9 Å². The third kappa shape index (κ3) is 3.91. The van der Waals surface area contributed by atoms with Crippen molar-refractivity contribution in [3.8, 4) is 11.3 Å². The number of rotatable bonds is 8. The standard InChI is InChI=1S/C33H30N4O2/c1-3-22-36-31(32(38)39-4-2)27-20-21-29-28(30(27)35-36)23-34-37(29)33(24-14-8-5-9-15-24,25-16-10-6-11-17-25)26-18-12-7-13-19-26/h3,5-19,23H,1,4,20-22H2,2H3. The third-order valence-electron chi connectivity index (χ3n) is 7.45. The average molecular weight is 515 g/mol. The molecule has 0 atom stereocenters. The Balaban J connectivity index is 1.63. The molecule has 0 saturated carbocycles. The highest BCUT2D eigenvalue weighted by molar-refractivity contribution is 5.92. The first-order chi connectivity index (χ1) is 19.2. The second kappa shape index (κ2) is 10.2. The molecule has 194 valence electrons. The molecule has 0 aliphatic heterocycles. The van der Waals surface area contributed by atoms with Crippen molar-refractivity contribution in [3.05, 3.63) is 143 Å². The molecule has 6 nitrogen and oxygen atoms in total. The molecule has 6 rings (SSSR count). The summed E-state index contributed by atoms with van der Waals surface area (Å²) in [6.45, 7) is 6.41. The van der Waals surface area contributed by atoms with Crippen LogP contribution in [0.1, 0.15) is 45.4 Å². The van der Waals surface area contributed by atoms with E-state index < -0.39 is 5.54 Å². The van der Waals surface area contributed by atoms with Crippen LogP contribution in [-0.2, 0) is 29.7 Å². The SMILES string of the molecule is C=CCn1nc2c(c1C(=O)OCC)CCc1c-2cnn1C(c1ccccc1)(c1ccccc1)c1ccccc1. The van der Waals surface area contributed by atoms with Gasteiger partial charge in [0, 0.05) is 11.1 Å². The number of allylic oxidation sites excluding steroid dienone is 1. The van der Waals surface area contributed by atoms with E-state index in [0.29, 0.717) is 31.7 Å². The van der Waals surface area contributed by atoms with Crippen molar-refractivity contribution in [2.45, 2.75) is 31.8 Å². The monoisotopic (exact) mass is 514 g/mol. The molecule has 0 unspecified atom stereocenters. The van der Waals surface area contributed by atoms with E-state index in [0.717, 1.165) is 39.2 Å². The first-order valence-electron chi connectivity index (χ1n) is 13.3. The zero-order chi connectivity index (χ0) is 26.8. The lowest BCUT2D eigenvalue weighted by atomic mass is 9.76. The van der Waals surface area contributed by atoms with Gasteiger partial charge in [-0.1, -0.05) is 97.1 Å². The molecular weight excluding hydrogens is 484 g/mol. The zero-order valence-corrected chi connectivity index (χ0v) is 22.0. The van der Waals surface area contributed by atoms with Gasteiger partial charge in [-0.2, -0.15) is 10.2 Å². The van der Waals surface area contributed by atoms with E-state index in [1.807, 2.05) is 31.3 Å². The number of fused-ring (bicyclic) bond motifs is 3. The highest BCUT2D eigenvalue weighted by Gasteiger charge is 2.42. The lowest BCUT2D eigenvalue weighted by Gasteiger charge is -2.38. The number of carbonyl (C=O) groups is 1. The second-order valence-electron chi connectivity index (χ2n) is 9.59. The maximum absolute atomic E-state index is 13.0. The van der Waals surface area contributed by atoms with Gasteiger partial charge in [0.25, 0.3) is 0 Å². The molecule has 0 saturated heterocycles. The number of aromatic nitrogens is 4. The summed E-state index contributed by atoms with van der Waals surface area (Å²) in [6.07, 6.45) is 5.02. The van der Waals surface area contributed by atoms with Crippen LogP contribution in [0.3, 0.4) is 0 Å². The molecule has 1 aliphatic rings. The van der Waals surface area contributed by atoms with Crippen LogP contribution in [0, 0.1) is 0 Å². The molecule has 0 radical (unpaired) electrons. The van der Waals surface area contributed by atoms with Crippen molar-refractivity contribution in [1.29, 1.82) is 0 Å². The molecule has 39 heavy (non-hydrogen) atoms. The molecule has 0 N–H and O–H groups in total. The summed E-state index contributed by atoms with van der Waals surface area (Å²) in [6, 6.07) is 31.6. The van der Waals surface area contributed by atoms with Crippen LogP contribution in [0.25, 0.3) is 11.3 Å². The van der Waals surface area contributed by atoms with E-state index in [4.69, 9.17) is 14.9 Å². The highest BCUT2D eigenvalue weighted by Crippen LogP contribution is 2.44. The van der Waals surface area contributed by atoms with Crippen molar-refractivity contribution in [1.82, 2.24) is 19.6 Å². The third-order valence-corrected chi connectivity index (χ3v) is 7.45. The van der Waals surface area contributed by atoms with Crippen LogP contribution >= 0.6 is 0 Å². The highest BCUT2D eigenvalue weighted by atomic mass is 16.5. The molecule has 0 spiro atoms. The number of hydrogen-bond acceptors (Lipinski definition) is 4. The minimum absolute atomic E-state index is 0.309. The van der Waals surface area contributed by atoms with Gasteiger partial charge >= 0.3 is 5.97 Å². The summed E-state index contributed by atoms with van der Waals surface area (Å²) < 4.78 is 9.28. The van der Waals surface area contributed by atoms with E-state index in [-0.39, 0.29) is 5.97 Å². The Kier molecular flexibility index (Phi) is 6.45. The first-order valence-corrected chi connectivity index (χ1v) is 13.3. The number of ether oxygens (including phenoxy) is 1.